The van der Waals surface area contributed by atoms with E-state index in [-0.39, 0.29) is 12.3 Å². The van der Waals surface area contributed by atoms with E-state index in [4.69, 9.17) is 26.7 Å². The maximum Gasteiger partial charge on any atom is 0.303 e. The van der Waals surface area contributed by atoms with Gasteiger partial charge in [0.25, 0.3) is 5.91 Å². The molecule has 0 fully saturated rings. The lowest BCUT2D eigenvalue weighted by Crippen LogP contribution is -2.22. The van der Waals surface area contributed by atoms with Crippen LogP contribution in [-0.2, 0) is 17.8 Å². The zero-order valence-electron chi connectivity index (χ0n) is 18.5. The lowest BCUT2D eigenvalue weighted by atomic mass is 10.0. The van der Waals surface area contributed by atoms with Gasteiger partial charge in [-0.05, 0) is 55.2 Å². The Kier molecular flexibility index (Phi) is 7.50. The van der Waals surface area contributed by atoms with Crippen molar-refractivity contribution in [2.75, 3.05) is 0 Å². The van der Waals surface area contributed by atoms with Gasteiger partial charge in [0.15, 0.2) is 0 Å². The molecule has 1 heterocycles. The molecule has 172 valence electrons. The van der Waals surface area contributed by atoms with Crippen molar-refractivity contribution in [2.24, 2.45) is 0 Å². The fourth-order valence-corrected chi connectivity index (χ4v) is 3.82. The zero-order chi connectivity index (χ0) is 23.9. The Morgan fingerprint density at radius 1 is 0.882 bits per heavy atom. The number of aliphatic carboxylic acids is 1. The predicted molar refractivity (Wildman–Crippen MR) is 133 cm³/mol. The number of halogens is 1. The lowest BCUT2D eigenvalue weighted by Gasteiger charge is -2.11. The number of amides is 1. The maximum absolute atomic E-state index is 12.7. The topological polar surface area (TPSA) is 92.2 Å². The second-order valence-corrected chi connectivity index (χ2v) is 8.43. The zero-order valence-corrected chi connectivity index (χ0v) is 19.3. The molecule has 34 heavy (non-hydrogen) atoms. The molecule has 0 saturated carbocycles. The minimum atomic E-state index is -0.811. The first kappa shape index (κ1) is 23.4. The monoisotopic (exact) mass is 473 g/mol. The summed E-state index contributed by atoms with van der Waals surface area (Å²) in [5, 5.41) is 12.5. The third-order valence-electron chi connectivity index (χ3n) is 5.47. The largest absolute Gasteiger partial charge is 0.481 e. The van der Waals surface area contributed by atoms with Crippen molar-refractivity contribution in [3.63, 3.8) is 0 Å². The second kappa shape index (κ2) is 10.9. The molecule has 0 radical (unpaired) electrons. The number of carboxylic acid groups (broad SMARTS) is 1. The summed E-state index contributed by atoms with van der Waals surface area (Å²) in [4.78, 5) is 33.2. The van der Waals surface area contributed by atoms with Gasteiger partial charge in [-0.3, -0.25) is 9.59 Å². The summed E-state index contributed by atoms with van der Waals surface area (Å²) in [7, 11) is 0. The van der Waals surface area contributed by atoms with Gasteiger partial charge in [0.1, 0.15) is 0 Å². The van der Waals surface area contributed by atoms with Gasteiger partial charge in [0.2, 0.25) is 0 Å². The lowest BCUT2D eigenvalue weighted by molar-refractivity contribution is -0.137. The molecule has 4 aromatic rings. The van der Waals surface area contributed by atoms with E-state index in [1.807, 2.05) is 42.5 Å². The predicted octanol–water partition coefficient (Wildman–Crippen LogP) is 5.68. The van der Waals surface area contributed by atoms with Crippen molar-refractivity contribution in [2.45, 2.75) is 32.2 Å². The van der Waals surface area contributed by atoms with Crippen molar-refractivity contribution in [3.05, 3.63) is 94.6 Å². The summed E-state index contributed by atoms with van der Waals surface area (Å²) in [6.45, 7) is 0.438. The van der Waals surface area contributed by atoms with Gasteiger partial charge in [0.05, 0.1) is 22.4 Å². The van der Waals surface area contributed by atoms with Gasteiger partial charge in [-0.2, -0.15) is 0 Å². The number of hydrogen-bond donors (Lipinski definition) is 2. The van der Waals surface area contributed by atoms with Crippen LogP contribution in [0, 0.1) is 0 Å². The van der Waals surface area contributed by atoms with Crippen LogP contribution in [0.25, 0.3) is 22.3 Å². The number of aromatic nitrogens is 2. The van der Waals surface area contributed by atoms with Crippen LogP contribution in [0.5, 0.6) is 0 Å². The Bertz CT molecular complexity index is 1310. The summed E-state index contributed by atoms with van der Waals surface area (Å²) >= 11 is 6.05. The van der Waals surface area contributed by atoms with Crippen LogP contribution >= 0.6 is 11.6 Å². The first-order valence-electron chi connectivity index (χ1n) is 11.1. The van der Waals surface area contributed by atoms with E-state index >= 15 is 0 Å². The fraction of sp³-hybridized carbons (Fsp3) is 0.185. The van der Waals surface area contributed by atoms with Gasteiger partial charge < -0.3 is 10.4 Å². The quantitative estimate of drug-likeness (QED) is 0.305. The Labute approximate surface area is 202 Å². The summed E-state index contributed by atoms with van der Waals surface area (Å²) in [5.74, 6) is -0.994. The number of nitrogens with one attached hydrogen (secondary N) is 1. The highest BCUT2D eigenvalue weighted by Crippen LogP contribution is 2.26. The van der Waals surface area contributed by atoms with Gasteiger partial charge in [0, 0.05) is 29.1 Å². The van der Waals surface area contributed by atoms with Gasteiger partial charge in [-0.15, -0.1) is 0 Å². The molecule has 6 nitrogen and oxygen atoms in total. The first-order valence-corrected chi connectivity index (χ1v) is 11.5. The van der Waals surface area contributed by atoms with E-state index in [1.165, 1.54) is 0 Å². The van der Waals surface area contributed by atoms with Crippen LogP contribution < -0.4 is 5.32 Å². The Morgan fingerprint density at radius 2 is 1.65 bits per heavy atom. The smallest absolute Gasteiger partial charge is 0.303 e. The van der Waals surface area contributed by atoms with Crippen LogP contribution in [0.1, 0.15) is 40.9 Å². The number of carboxylic acids is 1. The molecule has 0 aliphatic heterocycles. The highest BCUT2D eigenvalue weighted by molar-refractivity contribution is 6.30. The molecule has 0 aliphatic rings. The van der Waals surface area contributed by atoms with Crippen LogP contribution in [0.15, 0.2) is 72.8 Å². The van der Waals surface area contributed by atoms with Crippen molar-refractivity contribution in [3.8, 4) is 11.3 Å². The van der Waals surface area contributed by atoms with E-state index in [9.17, 15) is 9.59 Å². The SMILES string of the molecule is O=C(O)CCCCc1nc2cc(C(=O)NCc3ccccc3)ccc2nc1-c1ccc(Cl)cc1. The molecule has 0 atom stereocenters. The number of aryl methyl sites for hydroxylation is 1. The molecule has 0 saturated heterocycles. The van der Waals surface area contributed by atoms with Crippen LogP contribution in [0.3, 0.4) is 0 Å². The molecular weight excluding hydrogens is 450 g/mol. The van der Waals surface area contributed by atoms with Crippen molar-refractivity contribution >= 4 is 34.5 Å². The van der Waals surface area contributed by atoms with Crippen LogP contribution in [0.4, 0.5) is 0 Å². The number of fused-ring (bicyclic) bond motifs is 1. The average Bonchev–Trinajstić information content (AvgIpc) is 2.85. The average molecular weight is 474 g/mol. The molecule has 0 unspecified atom stereocenters. The maximum atomic E-state index is 12.7. The van der Waals surface area contributed by atoms with Crippen molar-refractivity contribution in [1.29, 1.82) is 0 Å². The molecule has 0 bridgehead atoms. The van der Waals surface area contributed by atoms with Gasteiger partial charge in [-0.25, -0.2) is 9.97 Å². The second-order valence-electron chi connectivity index (χ2n) is 8.00. The molecule has 1 aromatic heterocycles. The number of hydrogen-bond acceptors (Lipinski definition) is 4. The van der Waals surface area contributed by atoms with E-state index in [1.54, 1.807) is 30.3 Å². The molecule has 2 N–H and O–H groups in total. The molecule has 0 aliphatic carbocycles. The Hall–Kier alpha value is -3.77. The summed E-state index contributed by atoms with van der Waals surface area (Å²) in [5.41, 5.74) is 5.22. The van der Waals surface area contributed by atoms with E-state index in [0.29, 0.717) is 47.4 Å². The molecule has 1 amide bonds. The molecular formula is C27H24ClN3O3. The van der Waals surface area contributed by atoms with Crippen molar-refractivity contribution < 1.29 is 14.7 Å². The van der Waals surface area contributed by atoms with Crippen LogP contribution in [-0.4, -0.2) is 27.0 Å². The number of carbonyl (C=O) groups excluding carboxylic acids is 1. The molecule has 3 aromatic carbocycles. The van der Waals surface area contributed by atoms with E-state index in [0.717, 1.165) is 22.5 Å². The Balaban J connectivity index is 1.61. The fourth-order valence-electron chi connectivity index (χ4n) is 3.69. The highest BCUT2D eigenvalue weighted by Gasteiger charge is 2.14. The third-order valence-corrected chi connectivity index (χ3v) is 5.72. The third kappa shape index (κ3) is 5.97. The molecule has 0 spiro atoms. The standard InChI is InChI=1S/C27H24ClN3O3/c28-21-13-10-19(11-14-21)26-23(8-4-5-9-25(32)33)30-24-16-20(12-15-22(24)31-26)27(34)29-17-18-6-2-1-3-7-18/h1-3,6-7,10-16H,4-5,8-9,17H2,(H,29,34)(H,32,33). The summed E-state index contributed by atoms with van der Waals surface area (Å²) in [6.07, 6.45) is 1.92. The van der Waals surface area contributed by atoms with Gasteiger partial charge >= 0.3 is 5.97 Å². The van der Waals surface area contributed by atoms with Crippen LogP contribution in [0.2, 0.25) is 5.02 Å². The number of carbonyl (C=O) groups is 2. The normalized spacial score (nSPS) is 10.9. The summed E-state index contributed by atoms with van der Waals surface area (Å²) in [6, 6.07) is 22.4. The number of nitrogens with zero attached hydrogens (tertiary/aromatic N) is 2. The first-order chi connectivity index (χ1) is 16.5. The highest BCUT2D eigenvalue weighted by atomic mass is 35.5. The van der Waals surface area contributed by atoms with E-state index in [2.05, 4.69) is 5.32 Å². The number of benzene rings is 3. The number of rotatable bonds is 9. The van der Waals surface area contributed by atoms with Gasteiger partial charge in [-0.1, -0.05) is 54.1 Å². The number of unbranched alkanes of at least 4 members (excludes halogenated alkanes) is 1. The minimum absolute atomic E-state index is 0.114. The minimum Gasteiger partial charge on any atom is -0.481 e. The molecule has 7 heteroatoms. The Morgan fingerprint density at radius 3 is 2.38 bits per heavy atom. The summed E-state index contributed by atoms with van der Waals surface area (Å²) < 4.78 is 0. The molecule has 4 rings (SSSR count). The van der Waals surface area contributed by atoms with Crippen molar-refractivity contribution in [1.82, 2.24) is 15.3 Å². The van der Waals surface area contributed by atoms with E-state index < -0.39 is 5.97 Å².